The fourth-order valence-electron chi connectivity index (χ4n) is 2.83. The van der Waals surface area contributed by atoms with Crippen LogP contribution < -0.4 is 19.6 Å². The monoisotopic (exact) mass is 480 g/mol. The van der Waals surface area contributed by atoms with E-state index < -0.39 is 5.97 Å². The van der Waals surface area contributed by atoms with Gasteiger partial charge in [-0.05, 0) is 76.1 Å². The first-order chi connectivity index (χ1) is 15.1. The van der Waals surface area contributed by atoms with Crippen LogP contribution in [0.2, 0.25) is 0 Å². The second-order valence-electron chi connectivity index (χ2n) is 6.50. The van der Waals surface area contributed by atoms with Crippen LogP contribution in [0.3, 0.4) is 0 Å². The van der Waals surface area contributed by atoms with Gasteiger partial charge in [0.2, 0.25) is 0 Å². The number of hydrogen-bond acceptors (Lipinski definition) is 6. The molecular weight excluding hydrogens is 464 g/mol. The van der Waals surface area contributed by atoms with Gasteiger partial charge in [0.1, 0.15) is 19.0 Å². The average molecular weight is 481 g/mol. The normalized spacial score (nSPS) is 12.4. The van der Waals surface area contributed by atoms with Gasteiger partial charge in [0.15, 0.2) is 11.5 Å². The highest BCUT2D eigenvalue weighted by Gasteiger charge is 2.15. The lowest BCUT2D eigenvalue weighted by Crippen LogP contribution is -2.19. The fourth-order valence-corrected chi connectivity index (χ4v) is 3.27. The number of amides is 1. The van der Waals surface area contributed by atoms with E-state index >= 15 is 0 Å². The maximum Gasteiger partial charge on any atom is 0.344 e. The van der Waals surface area contributed by atoms with Crippen LogP contribution in [-0.4, -0.2) is 31.3 Å². The predicted octanol–water partition coefficient (Wildman–Crippen LogP) is 4.20. The molecule has 1 aliphatic heterocycles. The van der Waals surface area contributed by atoms with E-state index in [4.69, 9.17) is 14.2 Å². The lowest BCUT2D eigenvalue weighted by molar-refractivity contribution is 0.0733. The molecule has 4 rings (SSSR count). The van der Waals surface area contributed by atoms with Gasteiger partial charge < -0.3 is 14.2 Å². The van der Waals surface area contributed by atoms with Crippen molar-refractivity contribution in [3.63, 3.8) is 0 Å². The van der Waals surface area contributed by atoms with Crippen LogP contribution in [0.1, 0.15) is 26.3 Å². The van der Waals surface area contributed by atoms with Gasteiger partial charge >= 0.3 is 5.97 Å². The number of ether oxygens (including phenoxy) is 3. The number of nitrogens with zero attached hydrogens (tertiary/aromatic N) is 1. The van der Waals surface area contributed by atoms with E-state index in [0.717, 1.165) is 5.56 Å². The van der Waals surface area contributed by atoms with Gasteiger partial charge in [-0.25, -0.2) is 10.2 Å². The SMILES string of the molecule is O=C(NN=Cc1ccc(OC(=O)c2ccccc2Br)cc1)c1ccc2c(c1)OCCO2. The van der Waals surface area contributed by atoms with Crippen molar-refractivity contribution in [2.24, 2.45) is 5.10 Å². The minimum Gasteiger partial charge on any atom is -0.486 e. The van der Waals surface area contributed by atoms with E-state index in [2.05, 4.69) is 26.5 Å². The zero-order valence-corrected chi connectivity index (χ0v) is 17.8. The van der Waals surface area contributed by atoms with E-state index in [-0.39, 0.29) is 5.91 Å². The smallest absolute Gasteiger partial charge is 0.344 e. The molecule has 0 aromatic heterocycles. The zero-order valence-electron chi connectivity index (χ0n) is 16.2. The highest BCUT2D eigenvalue weighted by molar-refractivity contribution is 9.10. The van der Waals surface area contributed by atoms with Gasteiger partial charge in [-0.1, -0.05) is 12.1 Å². The second-order valence-corrected chi connectivity index (χ2v) is 7.35. The number of carbonyl (C=O) groups excluding carboxylic acids is 2. The van der Waals surface area contributed by atoms with Crippen LogP contribution >= 0.6 is 15.9 Å². The highest BCUT2D eigenvalue weighted by atomic mass is 79.9. The summed E-state index contributed by atoms with van der Waals surface area (Å²) >= 11 is 3.33. The maximum atomic E-state index is 12.3. The molecule has 3 aromatic rings. The number of benzene rings is 3. The Morgan fingerprint density at radius 2 is 1.71 bits per heavy atom. The summed E-state index contributed by atoms with van der Waals surface area (Å²) < 4.78 is 17.0. The van der Waals surface area contributed by atoms with E-state index in [0.29, 0.717) is 46.1 Å². The number of esters is 1. The molecule has 7 nitrogen and oxygen atoms in total. The van der Waals surface area contributed by atoms with Crippen molar-refractivity contribution < 1.29 is 23.8 Å². The number of nitrogens with one attached hydrogen (secondary N) is 1. The van der Waals surface area contributed by atoms with Crippen LogP contribution in [0.15, 0.2) is 76.3 Å². The number of carbonyl (C=O) groups is 2. The van der Waals surface area contributed by atoms with Crippen molar-refractivity contribution in [3.05, 3.63) is 87.9 Å². The summed E-state index contributed by atoms with van der Waals surface area (Å²) in [5.74, 6) is 0.730. The second kappa shape index (κ2) is 9.44. The minimum atomic E-state index is -0.458. The summed E-state index contributed by atoms with van der Waals surface area (Å²) in [4.78, 5) is 24.5. The van der Waals surface area contributed by atoms with E-state index in [1.807, 2.05) is 6.07 Å². The quantitative estimate of drug-likeness (QED) is 0.256. The summed E-state index contributed by atoms with van der Waals surface area (Å²) in [6, 6.07) is 18.7. The molecule has 0 bridgehead atoms. The number of hydrazone groups is 1. The van der Waals surface area contributed by atoms with Gasteiger partial charge in [-0.2, -0.15) is 5.10 Å². The van der Waals surface area contributed by atoms with Crippen molar-refractivity contribution in [2.45, 2.75) is 0 Å². The molecule has 0 aliphatic carbocycles. The topological polar surface area (TPSA) is 86.2 Å². The Balaban J connectivity index is 1.34. The molecule has 31 heavy (non-hydrogen) atoms. The lowest BCUT2D eigenvalue weighted by atomic mass is 10.2. The van der Waals surface area contributed by atoms with Crippen molar-refractivity contribution >= 4 is 34.0 Å². The number of hydrogen-bond donors (Lipinski definition) is 1. The van der Waals surface area contributed by atoms with E-state index in [1.165, 1.54) is 6.21 Å². The molecule has 156 valence electrons. The molecule has 0 unspecified atom stereocenters. The van der Waals surface area contributed by atoms with Crippen LogP contribution in [-0.2, 0) is 0 Å². The van der Waals surface area contributed by atoms with Crippen LogP contribution in [0.25, 0.3) is 0 Å². The first-order valence-electron chi connectivity index (χ1n) is 9.40. The summed E-state index contributed by atoms with van der Waals surface area (Å²) in [5, 5.41) is 3.97. The molecule has 1 aliphatic rings. The standard InChI is InChI=1S/C23H17BrN2O5/c24-19-4-2-1-3-18(19)23(28)31-17-8-5-15(6-9-17)14-25-26-22(27)16-7-10-20-21(13-16)30-12-11-29-20/h1-10,13-14H,11-12H2,(H,26,27). The van der Waals surface area contributed by atoms with Crippen LogP contribution in [0, 0.1) is 0 Å². The number of rotatable bonds is 5. The average Bonchev–Trinajstić information content (AvgIpc) is 2.80. The molecule has 0 spiro atoms. The van der Waals surface area contributed by atoms with E-state index in [9.17, 15) is 9.59 Å². The zero-order chi connectivity index (χ0) is 21.6. The van der Waals surface area contributed by atoms with Gasteiger partial charge in [0.05, 0.1) is 11.8 Å². The van der Waals surface area contributed by atoms with E-state index in [1.54, 1.807) is 60.7 Å². The largest absolute Gasteiger partial charge is 0.486 e. The molecule has 0 saturated heterocycles. The van der Waals surface area contributed by atoms with Crippen molar-refractivity contribution in [2.75, 3.05) is 13.2 Å². The third-order valence-corrected chi connectivity index (χ3v) is 5.06. The molecule has 0 fully saturated rings. The molecule has 0 saturated carbocycles. The van der Waals surface area contributed by atoms with Gasteiger partial charge in [-0.3, -0.25) is 4.79 Å². The lowest BCUT2D eigenvalue weighted by Gasteiger charge is -2.18. The molecular formula is C23H17BrN2O5. The molecule has 0 atom stereocenters. The third-order valence-electron chi connectivity index (χ3n) is 4.37. The van der Waals surface area contributed by atoms with Crippen LogP contribution in [0.4, 0.5) is 0 Å². The number of halogens is 1. The van der Waals surface area contributed by atoms with Crippen molar-refractivity contribution in [1.29, 1.82) is 0 Å². The predicted molar refractivity (Wildman–Crippen MR) is 118 cm³/mol. The van der Waals surface area contributed by atoms with Gasteiger partial charge in [0, 0.05) is 10.0 Å². The molecule has 1 N–H and O–H groups in total. The Hall–Kier alpha value is -3.65. The number of fused-ring (bicyclic) bond motifs is 1. The summed E-state index contributed by atoms with van der Waals surface area (Å²) in [7, 11) is 0. The first-order valence-corrected chi connectivity index (χ1v) is 10.2. The summed E-state index contributed by atoms with van der Waals surface area (Å²) in [6.07, 6.45) is 1.50. The maximum absolute atomic E-state index is 12.3. The Morgan fingerprint density at radius 1 is 0.968 bits per heavy atom. The molecule has 3 aromatic carbocycles. The fraction of sp³-hybridized carbons (Fsp3) is 0.0870. The Labute approximate surface area is 186 Å². The first kappa shape index (κ1) is 20.6. The third kappa shape index (κ3) is 5.10. The Bertz CT molecular complexity index is 1140. The van der Waals surface area contributed by atoms with Crippen molar-refractivity contribution in [3.8, 4) is 17.2 Å². The summed E-state index contributed by atoms with van der Waals surface area (Å²) in [5.41, 5.74) is 4.05. The summed E-state index contributed by atoms with van der Waals surface area (Å²) in [6.45, 7) is 0.939. The van der Waals surface area contributed by atoms with Gasteiger partial charge in [0.25, 0.3) is 5.91 Å². The molecule has 1 amide bonds. The Morgan fingerprint density at radius 3 is 2.48 bits per heavy atom. The molecule has 1 heterocycles. The minimum absolute atomic E-state index is 0.368. The van der Waals surface area contributed by atoms with Crippen molar-refractivity contribution in [1.82, 2.24) is 5.43 Å². The molecule has 0 radical (unpaired) electrons. The molecule has 8 heteroatoms. The Kier molecular flexibility index (Phi) is 6.28. The van der Waals surface area contributed by atoms with Crippen LogP contribution in [0.5, 0.6) is 17.2 Å². The highest BCUT2D eigenvalue weighted by Crippen LogP contribution is 2.30. The van der Waals surface area contributed by atoms with Gasteiger partial charge in [-0.15, -0.1) is 0 Å².